The number of hydrogen-bond donors (Lipinski definition) is 2. The molecule has 0 bridgehead atoms. The van der Waals surface area contributed by atoms with Crippen molar-refractivity contribution in [2.24, 2.45) is 0 Å². The number of thioether (sulfide) groups is 2. The molecule has 0 aromatic heterocycles. The van der Waals surface area contributed by atoms with E-state index in [4.69, 9.17) is 11.5 Å². The molecule has 4 N–H and O–H groups in total. The van der Waals surface area contributed by atoms with Gasteiger partial charge in [-0.1, -0.05) is 24.3 Å². The molecule has 0 amide bonds. The van der Waals surface area contributed by atoms with E-state index < -0.39 is 0 Å². The second-order valence-corrected chi connectivity index (χ2v) is 8.21. The van der Waals surface area contributed by atoms with Crippen molar-refractivity contribution < 1.29 is 0 Å². The number of anilines is 2. The van der Waals surface area contributed by atoms with E-state index in [1.807, 2.05) is 47.8 Å². The number of nitrogen functional groups attached to an aromatic ring is 2. The first-order valence-corrected chi connectivity index (χ1v) is 8.72. The Kier molecular flexibility index (Phi) is 4.50. The molecule has 1 aliphatic rings. The molecule has 22 heavy (non-hydrogen) atoms. The van der Waals surface area contributed by atoms with Crippen molar-refractivity contribution in [3.63, 3.8) is 0 Å². The molecular formula is C18H18N2S2. The van der Waals surface area contributed by atoms with E-state index in [0.29, 0.717) is 0 Å². The maximum Gasteiger partial charge on any atom is 0.0921 e. The minimum absolute atomic E-state index is 0.0407. The first-order valence-electron chi connectivity index (χ1n) is 7.09. The molecule has 4 heteroatoms. The molecule has 3 rings (SSSR count). The monoisotopic (exact) mass is 326 g/mol. The summed E-state index contributed by atoms with van der Waals surface area (Å²) in [5.41, 5.74) is 13.1. The molecule has 0 aliphatic heterocycles. The van der Waals surface area contributed by atoms with Crippen LogP contribution >= 0.6 is 23.5 Å². The average molecular weight is 326 g/mol. The zero-order chi connectivity index (χ0) is 15.4. The van der Waals surface area contributed by atoms with Gasteiger partial charge in [-0.2, -0.15) is 0 Å². The fourth-order valence-electron chi connectivity index (χ4n) is 2.22. The number of benzene rings is 2. The first kappa shape index (κ1) is 15.1. The van der Waals surface area contributed by atoms with Crippen molar-refractivity contribution in [3.05, 3.63) is 72.8 Å². The normalized spacial score (nSPS) is 15.8. The number of nitrogens with two attached hydrogens (primary N) is 2. The molecule has 0 saturated carbocycles. The minimum Gasteiger partial charge on any atom is -0.399 e. The van der Waals surface area contributed by atoms with E-state index in [1.54, 1.807) is 0 Å². The van der Waals surface area contributed by atoms with Gasteiger partial charge < -0.3 is 11.5 Å². The highest BCUT2D eigenvalue weighted by molar-refractivity contribution is 8.18. The van der Waals surface area contributed by atoms with Crippen LogP contribution in [0.4, 0.5) is 11.4 Å². The third-order valence-electron chi connectivity index (χ3n) is 3.34. The smallest absolute Gasteiger partial charge is 0.0921 e. The summed E-state index contributed by atoms with van der Waals surface area (Å²) in [5, 5.41) is 0. The van der Waals surface area contributed by atoms with Gasteiger partial charge in [0.1, 0.15) is 0 Å². The molecule has 0 saturated heterocycles. The van der Waals surface area contributed by atoms with E-state index in [1.165, 1.54) is 9.79 Å². The van der Waals surface area contributed by atoms with Gasteiger partial charge in [-0.15, -0.1) is 23.5 Å². The van der Waals surface area contributed by atoms with E-state index in [9.17, 15) is 0 Å². The second kappa shape index (κ2) is 6.55. The van der Waals surface area contributed by atoms with Crippen molar-refractivity contribution in [2.45, 2.75) is 20.3 Å². The van der Waals surface area contributed by atoms with Crippen LogP contribution < -0.4 is 11.5 Å². The molecule has 2 nitrogen and oxygen atoms in total. The summed E-state index contributed by atoms with van der Waals surface area (Å²) in [4.78, 5) is 2.44. The Labute approximate surface area is 139 Å². The van der Waals surface area contributed by atoms with Crippen molar-refractivity contribution in [2.75, 3.05) is 11.5 Å². The van der Waals surface area contributed by atoms with Gasteiger partial charge in [-0.05, 0) is 55.0 Å². The third-order valence-corrected chi connectivity index (χ3v) is 6.15. The van der Waals surface area contributed by atoms with Crippen LogP contribution in [-0.2, 0) is 0 Å². The van der Waals surface area contributed by atoms with Crippen molar-refractivity contribution in [1.29, 1.82) is 0 Å². The lowest BCUT2D eigenvalue weighted by Gasteiger charge is -2.30. The second-order valence-electron chi connectivity index (χ2n) is 5.15. The van der Waals surface area contributed by atoms with E-state index in [-0.39, 0.29) is 4.08 Å². The van der Waals surface area contributed by atoms with Crippen molar-refractivity contribution in [1.82, 2.24) is 0 Å². The van der Waals surface area contributed by atoms with Crippen molar-refractivity contribution in [3.8, 4) is 0 Å². The lowest BCUT2D eigenvalue weighted by atomic mass is 10.2. The Balaban J connectivity index is 1.84. The molecule has 0 radical (unpaired) electrons. The third kappa shape index (κ3) is 3.70. The predicted molar refractivity (Wildman–Crippen MR) is 99.1 cm³/mol. The average Bonchev–Trinajstić information content (AvgIpc) is 2.53. The van der Waals surface area contributed by atoms with E-state index in [2.05, 4.69) is 48.6 Å². The lowest BCUT2D eigenvalue weighted by molar-refractivity contribution is 0.984. The van der Waals surface area contributed by atoms with Crippen LogP contribution in [0.3, 0.4) is 0 Å². The number of allylic oxidation sites excluding steroid dienone is 3. The summed E-state index contributed by atoms with van der Waals surface area (Å²) >= 11 is 3.72. The molecule has 0 heterocycles. The standard InChI is InChI=1S/C18H18N2S2/c19-14-4-8-16(9-5-14)21-18(12-2-1-3-13-18)22-17-10-6-15(20)7-11-17/h1-12H,13,19-20H2. The maximum absolute atomic E-state index is 5.78. The highest BCUT2D eigenvalue weighted by atomic mass is 32.2. The Bertz CT molecular complexity index is 641. The summed E-state index contributed by atoms with van der Waals surface area (Å²) < 4.78 is -0.0407. The van der Waals surface area contributed by atoms with Crippen LogP contribution in [0, 0.1) is 0 Å². The summed E-state index contributed by atoms with van der Waals surface area (Å²) in [6.07, 6.45) is 9.70. The minimum atomic E-state index is -0.0407. The van der Waals surface area contributed by atoms with Gasteiger partial charge in [0.2, 0.25) is 0 Å². The zero-order valence-electron chi connectivity index (χ0n) is 12.1. The van der Waals surface area contributed by atoms with Gasteiger partial charge in [-0.3, -0.25) is 0 Å². The fraction of sp³-hybridized carbons (Fsp3) is 0.111. The van der Waals surface area contributed by atoms with E-state index >= 15 is 0 Å². The molecule has 2 aromatic carbocycles. The van der Waals surface area contributed by atoms with Gasteiger partial charge in [0.15, 0.2) is 0 Å². The maximum atomic E-state index is 5.78. The molecule has 0 unspecified atom stereocenters. The largest absolute Gasteiger partial charge is 0.399 e. The van der Waals surface area contributed by atoms with Crippen LogP contribution in [0.25, 0.3) is 0 Å². The molecule has 0 spiro atoms. The SMILES string of the molecule is Nc1ccc(SC2(Sc3ccc(N)cc3)C=CC=CC2)cc1. The van der Waals surface area contributed by atoms with Crippen LogP contribution in [0.1, 0.15) is 6.42 Å². The molecule has 0 fully saturated rings. The number of rotatable bonds is 4. The zero-order valence-corrected chi connectivity index (χ0v) is 13.7. The Hall–Kier alpha value is -1.78. The van der Waals surface area contributed by atoms with Crippen LogP contribution in [0.5, 0.6) is 0 Å². The number of hydrogen-bond acceptors (Lipinski definition) is 4. The predicted octanol–water partition coefficient (Wildman–Crippen LogP) is 4.95. The fourth-order valence-corrected chi connectivity index (χ4v) is 4.96. The topological polar surface area (TPSA) is 52.0 Å². The van der Waals surface area contributed by atoms with Crippen LogP contribution in [0.2, 0.25) is 0 Å². The summed E-state index contributed by atoms with van der Waals surface area (Å²) in [6, 6.07) is 16.1. The van der Waals surface area contributed by atoms with Gasteiger partial charge in [0.05, 0.1) is 4.08 Å². The van der Waals surface area contributed by atoms with Gasteiger partial charge >= 0.3 is 0 Å². The van der Waals surface area contributed by atoms with Crippen LogP contribution in [0.15, 0.2) is 82.6 Å². The quantitative estimate of drug-likeness (QED) is 0.617. The highest BCUT2D eigenvalue weighted by Gasteiger charge is 2.30. The highest BCUT2D eigenvalue weighted by Crippen LogP contribution is 2.50. The Morgan fingerprint density at radius 2 is 1.23 bits per heavy atom. The Morgan fingerprint density at radius 3 is 1.64 bits per heavy atom. The van der Waals surface area contributed by atoms with E-state index in [0.717, 1.165) is 17.8 Å². The van der Waals surface area contributed by atoms with Crippen molar-refractivity contribution >= 4 is 34.9 Å². The van der Waals surface area contributed by atoms with Crippen LogP contribution in [-0.4, -0.2) is 4.08 Å². The Morgan fingerprint density at radius 1 is 0.727 bits per heavy atom. The summed E-state index contributed by atoms with van der Waals surface area (Å²) in [7, 11) is 0. The lowest BCUT2D eigenvalue weighted by Crippen LogP contribution is -2.17. The molecule has 1 aliphatic carbocycles. The molecule has 2 aromatic rings. The summed E-state index contributed by atoms with van der Waals surface area (Å²) in [6.45, 7) is 0. The molecule has 112 valence electrons. The molecular weight excluding hydrogens is 308 g/mol. The molecule has 0 atom stereocenters. The van der Waals surface area contributed by atoms with Gasteiger partial charge in [0, 0.05) is 21.2 Å². The first-order chi connectivity index (χ1) is 10.7. The summed E-state index contributed by atoms with van der Waals surface area (Å²) in [5.74, 6) is 0. The van der Waals surface area contributed by atoms with Gasteiger partial charge in [0.25, 0.3) is 0 Å². The van der Waals surface area contributed by atoms with Gasteiger partial charge in [-0.25, -0.2) is 0 Å².